The fraction of sp³-hybridized carbons (Fsp3) is 0.400. The van der Waals surface area contributed by atoms with Crippen LogP contribution >= 0.6 is 0 Å². The van der Waals surface area contributed by atoms with Gasteiger partial charge in [-0.1, -0.05) is 30.3 Å². The predicted molar refractivity (Wildman–Crippen MR) is 79.6 cm³/mol. The first kappa shape index (κ1) is 13.1. The highest BCUT2D eigenvalue weighted by Crippen LogP contribution is 2.17. The van der Waals surface area contributed by atoms with Gasteiger partial charge in [-0.3, -0.25) is 4.99 Å². The first-order valence-electron chi connectivity index (χ1n) is 6.50. The quantitative estimate of drug-likeness (QED) is 0.753. The van der Waals surface area contributed by atoms with Crippen molar-refractivity contribution in [1.29, 1.82) is 0 Å². The van der Waals surface area contributed by atoms with Crippen LogP contribution in [0.2, 0.25) is 19.6 Å². The Balaban J connectivity index is 2.04. The molecule has 2 rings (SSSR count). The summed E-state index contributed by atoms with van der Waals surface area (Å²) >= 11 is 0. The topological polar surface area (TPSA) is 21.6 Å². The van der Waals surface area contributed by atoms with Gasteiger partial charge in [-0.15, -0.1) is 0 Å². The maximum absolute atomic E-state index is 6.07. The van der Waals surface area contributed by atoms with Crippen molar-refractivity contribution in [2.75, 3.05) is 6.54 Å². The van der Waals surface area contributed by atoms with E-state index in [1.165, 1.54) is 5.56 Å². The minimum atomic E-state index is -1.49. The van der Waals surface area contributed by atoms with E-state index in [2.05, 4.69) is 55.0 Å². The molecule has 3 heteroatoms. The molecule has 0 saturated carbocycles. The number of allylic oxidation sites excluding steroid dienone is 1. The lowest BCUT2D eigenvalue weighted by atomic mass is 10.1. The van der Waals surface area contributed by atoms with Gasteiger partial charge in [-0.2, -0.15) is 0 Å². The van der Waals surface area contributed by atoms with E-state index in [0.29, 0.717) is 0 Å². The molecule has 0 N–H and O–H groups in total. The van der Waals surface area contributed by atoms with E-state index in [1.807, 2.05) is 6.07 Å². The van der Waals surface area contributed by atoms with Crippen LogP contribution < -0.4 is 0 Å². The van der Waals surface area contributed by atoms with Gasteiger partial charge in [0.05, 0.1) is 5.76 Å². The molecule has 2 nitrogen and oxygen atoms in total. The molecule has 0 bridgehead atoms. The number of hydrogen-bond acceptors (Lipinski definition) is 2. The fourth-order valence-corrected chi connectivity index (χ4v) is 2.95. The minimum Gasteiger partial charge on any atom is -0.547 e. The summed E-state index contributed by atoms with van der Waals surface area (Å²) in [5.41, 5.74) is 2.45. The largest absolute Gasteiger partial charge is 0.547 e. The molecule has 1 aliphatic rings. The second kappa shape index (κ2) is 5.53. The van der Waals surface area contributed by atoms with Gasteiger partial charge in [0, 0.05) is 25.1 Å². The standard InChI is InChI=1S/C15H21NOSi/c1-18(2,3)17-15-9-10-16-14(12-15)11-13-7-5-4-6-8-13/h4-8,12H,9-11H2,1-3H3. The number of aliphatic imine (C=N–C) groups is 1. The van der Waals surface area contributed by atoms with Crippen LogP contribution in [0.3, 0.4) is 0 Å². The highest BCUT2D eigenvalue weighted by atomic mass is 28.4. The number of dihydropyridines is 1. The third kappa shape index (κ3) is 4.15. The van der Waals surface area contributed by atoms with Crippen LogP contribution in [-0.4, -0.2) is 20.6 Å². The molecular weight excluding hydrogens is 238 g/mol. The Labute approximate surface area is 111 Å². The average molecular weight is 259 g/mol. The van der Waals surface area contributed by atoms with E-state index in [0.717, 1.165) is 30.9 Å². The Morgan fingerprint density at radius 3 is 2.56 bits per heavy atom. The lowest BCUT2D eigenvalue weighted by Crippen LogP contribution is -2.26. The molecule has 1 aromatic rings. The molecule has 0 saturated heterocycles. The predicted octanol–water partition coefficient (Wildman–Crippen LogP) is 3.81. The third-order valence-corrected chi connectivity index (χ3v) is 3.54. The number of hydrogen-bond donors (Lipinski definition) is 0. The molecular formula is C15H21NOSi. The molecule has 1 aromatic carbocycles. The van der Waals surface area contributed by atoms with Crippen LogP contribution in [0.4, 0.5) is 0 Å². The molecule has 0 aromatic heterocycles. The van der Waals surface area contributed by atoms with Crippen LogP contribution in [0, 0.1) is 0 Å². The highest BCUT2D eigenvalue weighted by molar-refractivity contribution is 6.70. The molecule has 0 fully saturated rings. The summed E-state index contributed by atoms with van der Waals surface area (Å²) in [6, 6.07) is 10.5. The van der Waals surface area contributed by atoms with Crippen LogP contribution in [0.15, 0.2) is 47.2 Å². The zero-order valence-electron chi connectivity index (χ0n) is 11.4. The van der Waals surface area contributed by atoms with Gasteiger partial charge in [0.25, 0.3) is 0 Å². The van der Waals surface area contributed by atoms with Crippen molar-refractivity contribution in [2.24, 2.45) is 4.99 Å². The van der Waals surface area contributed by atoms with Crippen molar-refractivity contribution in [3.05, 3.63) is 47.7 Å². The molecule has 0 aliphatic carbocycles. The number of benzene rings is 1. The highest BCUT2D eigenvalue weighted by Gasteiger charge is 2.19. The maximum Gasteiger partial charge on any atom is 0.241 e. The second-order valence-corrected chi connectivity index (χ2v) is 10.0. The van der Waals surface area contributed by atoms with Crippen molar-refractivity contribution >= 4 is 14.0 Å². The third-order valence-electron chi connectivity index (χ3n) is 2.67. The van der Waals surface area contributed by atoms with E-state index >= 15 is 0 Å². The minimum absolute atomic E-state index is 0.860. The summed E-state index contributed by atoms with van der Waals surface area (Å²) in [6.07, 6.45) is 3.98. The van der Waals surface area contributed by atoms with Crippen molar-refractivity contribution < 1.29 is 4.43 Å². The zero-order valence-corrected chi connectivity index (χ0v) is 12.4. The second-order valence-electron chi connectivity index (χ2n) is 5.61. The molecule has 1 aliphatic heterocycles. The van der Waals surface area contributed by atoms with E-state index in [9.17, 15) is 0 Å². The van der Waals surface area contributed by atoms with Crippen molar-refractivity contribution in [3.63, 3.8) is 0 Å². The van der Waals surface area contributed by atoms with Crippen LogP contribution in [0.5, 0.6) is 0 Å². The Hall–Kier alpha value is -1.35. The first-order valence-corrected chi connectivity index (χ1v) is 9.91. The van der Waals surface area contributed by atoms with Gasteiger partial charge in [-0.25, -0.2) is 0 Å². The van der Waals surface area contributed by atoms with E-state index in [-0.39, 0.29) is 0 Å². The van der Waals surface area contributed by atoms with E-state index in [1.54, 1.807) is 0 Å². The summed E-state index contributed by atoms with van der Waals surface area (Å²) in [5, 5.41) is 0. The SMILES string of the molecule is C[Si](C)(C)OC1=CC(Cc2ccccc2)=NCC1. The monoisotopic (exact) mass is 259 g/mol. The molecule has 0 amide bonds. The summed E-state index contributed by atoms with van der Waals surface area (Å²) < 4.78 is 6.07. The Bertz CT molecular complexity index is 457. The van der Waals surface area contributed by atoms with Crippen molar-refractivity contribution in [3.8, 4) is 0 Å². The molecule has 0 radical (unpaired) electrons. The van der Waals surface area contributed by atoms with E-state index in [4.69, 9.17) is 4.43 Å². The van der Waals surface area contributed by atoms with Crippen LogP contribution in [-0.2, 0) is 10.8 Å². The number of nitrogens with zero attached hydrogens (tertiary/aromatic N) is 1. The fourth-order valence-electron chi connectivity index (χ4n) is 2.00. The number of rotatable bonds is 4. The maximum atomic E-state index is 6.07. The normalized spacial score (nSPS) is 15.9. The average Bonchev–Trinajstić information content (AvgIpc) is 2.28. The van der Waals surface area contributed by atoms with Gasteiger partial charge >= 0.3 is 0 Å². The van der Waals surface area contributed by atoms with Crippen LogP contribution in [0.25, 0.3) is 0 Å². The molecule has 18 heavy (non-hydrogen) atoms. The summed E-state index contributed by atoms with van der Waals surface area (Å²) in [5.74, 6) is 1.12. The van der Waals surface area contributed by atoms with Crippen molar-refractivity contribution in [2.45, 2.75) is 32.5 Å². The summed E-state index contributed by atoms with van der Waals surface area (Å²) in [6.45, 7) is 7.52. The lowest BCUT2D eigenvalue weighted by Gasteiger charge is -2.23. The Morgan fingerprint density at radius 1 is 1.17 bits per heavy atom. The zero-order chi connectivity index (χ0) is 13.0. The molecule has 0 atom stereocenters. The molecule has 1 heterocycles. The first-order chi connectivity index (χ1) is 8.53. The van der Waals surface area contributed by atoms with Gasteiger partial charge in [0.1, 0.15) is 0 Å². The van der Waals surface area contributed by atoms with Crippen molar-refractivity contribution in [1.82, 2.24) is 0 Å². The molecule has 0 spiro atoms. The molecule has 96 valence electrons. The summed E-state index contributed by atoms with van der Waals surface area (Å²) in [7, 11) is -1.49. The van der Waals surface area contributed by atoms with Crippen LogP contribution in [0.1, 0.15) is 12.0 Å². The summed E-state index contributed by atoms with van der Waals surface area (Å²) in [4.78, 5) is 4.58. The Kier molecular flexibility index (Phi) is 4.02. The van der Waals surface area contributed by atoms with Gasteiger partial charge in [0.2, 0.25) is 8.32 Å². The van der Waals surface area contributed by atoms with Gasteiger partial charge < -0.3 is 4.43 Å². The molecule has 0 unspecified atom stereocenters. The van der Waals surface area contributed by atoms with Gasteiger partial charge in [0.15, 0.2) is 0 Å². The Morgan fingerprint density at radius 2 is 1.89 bits per heavy atom. The van der Waals surface area contributed by atoms with Gasteiger partial charge in [-0.05, 0) is 31.3 Å². The smallest absolute Gasteiger partial charge is 0.241 e. The van der Waals surface area contributed by atoms with E-state index < -0.39 is 8.32 Å². The lowest BCUT2D eigenvalue weighted by molar-refractivity contribution is 0.400.